The van der Waals surface area contributed by atoms with Crippen LogP contribution in [0.2, 0.25) is 25.7 Å². The number of nitriles is 1. The average Bonchev–Trinajstić information content (AvgIpc) is 3.35. The Hall–Kier alpha value is -3.49. The molecule has 4 aromatic rings. The second-order valence-electron chi connectivity index (χ2n) is 10.4. The van der Waals surface area contributed by atoms with E-state index >= 15 is 0 Å². The molecule has 0 aliphatic heterocycles. The second kappa shape index (κ2) is 10.1. The van der Waals surface area contributed by atoms with Crippen LogP contribution >= 0.6 is 0 Å². The molecule has 4 aromatic heterocycles. The van der Waals surface area contributed by atoms with Gasteiger partial charge in [0.2, 0.25) is 0 Å². The maximum absolute atomic E-state index is 13.6. The Bertz CT molecular complexity index is 1480. The molecule has 0 amide bonds. The highest BCUT2D eigenvalue weighted by molar-refractivity contribution is 6.76. The van der Waals surface area contributed by atoms with Gasteiger partial charge in [0.05, 0.1) is 16.8 Å². The van der Waals surface area contributed by atoms with Gasteiger partial charge in [0.15, 0.2) is 0 Å². The third kappa shape index (κ3) is 6.09. The van der Waals surface area contributed by atoms with Crippen molar-refractivity contribution in [3.05, 3.63) is 65.0 Å². The van der Waals surface area contributed by atoms with E-state index < -0.39 is 19.8 Å². The van der Waals surface area contributed by atoms with Crippen LogP contribution in [0.1, 0.15) is 28.1 Å². The number of pyridine rings is 2. The van der Waals surface area contributed by atoms with Gasteiger partial charge in [-0.3, -0.25) is 9.67 Å². The smallest absolute Gasteiger partial charge is 0.361 e. The zero-order chi connectivity index (χ0) is 27.0. The Morgan fingerprint density at radius 2 is 1.89 bits per heavy atom. The molecule has 0 N–H and O–H groups in total. The number of fused-ring (bicyclic) bond motifs is 1. The van der Waals surface area contributed by atoms with Crippen LogP contribution in [0.4, 0.5) is 13.2 Å². The summed E-state index contributed by atoms with van der Waals surface area (Å²) >= 11 is 0. The van der Waals surface area contributed by atoms with E-state index in [0.29, 0.717) is 34.5 Å². The molecule has 0 saturated heterocycles. The van der Waals surface area contributed by atoms with Crippen molar-refractivity contribution in [2.45, 2.75) is 51.9 Å². The van der Waals surface area contributed by atoms with Gasteiger partial charge in [-0.2, -0.15) is 23.5 Å². The lowest BCUT2D eigenvalue weighted by Crippen LogP contribution is -2.22. The Morgan fingerprint density at radius 3 is 2.54 bits per heavy atom. The summed E-state index contributed by atoms with van der Waals surface area (Å²) in [6, 6.07) is 6.87. The van der Waals surface area contributed by atoms with E-state index in [-0.39, 0.29) is 18.8 Å². The van der Waals surface area contributed by atoms with Gasteiger partial charge < -0.3 is 9.30 Å². The first-order chi connectivity index (χ1) is 17.4. The summed E-state index contributed by atoms with van der Waals surface area (Å²) in [7, 11) is 0.169. The highest BCUT2D eigenvalue weighted by Crippen LogP contribution is 2.35. The molecule has 0 spiro atoms. The molecule has 11 heteroatoms. The van der Waals surface area contributed by atoms with Crippen molar-refractivity contribution in [2.24, 2.45) is 7.05 Å². The average molecular weight is 527 g/mol. The Kier molecular flexibility index (Phi) is 7.26. The highest BCUT2D eigenvalue weighted by atomic mass is 28.3. The van der Waals surface area contributed by atoms with Crippen LogP contribution < -0.4 is 0 Å². The van der Waals surface area contributed by atoms with Gasteiger partial charge in [0.1, 0.15) is 18.4 Å². The number of aryl methyl sites for hydroxylation is 2. The lowest BCUT2D eigenvalue weighted by atomic mass is 9.99. The lowest BCUT2D eigenvalue weighted by molar-refractivity contribution is -0.138. The Morgan fingerprint density at radius 1 is 1.14 bits per heavy atom. The zero-order valence-electron chi connectivity index (χ0n) is 21.5. The topological polar surface area (TPSA) is 81.5 Å². The summed E-state index contributed by atoms with van der Waals surface area (Å²) in [6.07, 6.45) is 1.40. The van der Waals surface area contributed by atoms with Gasteiger partial charge in [0, 0.05) is 69.6 Å². The summed E-state index contributed by atoms with van der Waals surface area (Å²) in [5.74, 6) is 0. The fourth-order valence-corrected chi connectivity index (χ4v) is 4.91. The summed E-state index contributed by atoms with van der Waals surface area (Å²) in [5.41, 5.74) is 2.73. The quantitative estimate of drug-likeness (QED) is 0.210. The number of halogens is 3. The Labute approximate surface area is 214 Å². The fourth-order valence-electron chi connectivity index (χ4n) is 4.16. The molecule has 0 fully saturated rings. The van der Waals surface area contributed by atoms with E-state index in [1.165, 1.54) is 7.05 Å². The van der Waals surface area contributed by atoms with E-state index in [0.717, 1.165) is 28.0 Å². The molecule has 4 rings (SSSR count). The number of rotatable bonds is 8. The molecular formula is C26H29F3N6OSi. The number of nitrogens with zero attached hydrogens (tertiary/aromatic N) is 6. The summed E-state index contributed by atoms with van der Waals surface area (Å²) in [4.78, 5) is 8.99. The molecule has 0 aliphatic carbocycles. The normalized spacial score (nSPS) is 12.3. The van der Waals surface area contributed by atoms with Crippen molar-refractivity contribution in [1.82, 2.24) is 24.3 Å². The highest BCUT2D eigenvalue weighted by Gasteiger charge is 2.36. The third-order valence-electron chi connectivity index (χ3n) is 5.97. The maximum atomic E-state index is 13.6. The van der Waals surface area contributed by atoms with E-state index in [4.69, 9.17) is 9.72 Å². The molecule has 194 valence electrons. The number of hydrogen-bond acceptors (Lipinski definition) is 5. The van der Waals surface area contributed by atoms with Crippen molar-refractivity contribution in [3.8, 4) is 17.2 Å². The van der Waals surface area contributed by atoms with Gasteiger partial charge >= 0.3 is 6.18 Å². The van der Waals surface area contributed by atoms with Crippen LogP contribution in [-0.2, 0) is 31.1 Å². The molecule has 0 radical (unpaired) electrons. The van der Waals surface area contributed by atoms with Crippen molar-refractivity contribution in [2.75, 3.05) is 6.61 Å². The predicted molar refractivity (Wildman–Crippen MR) is 138 cm³/mol. The van der Waals surface area contributed by atoms with Crippen molar-refractivity contribution in [3.63, 3.8) is 0 Å². The van der Waals surface area contributed by atoms with Crippen LogP contribution in [-0.4, -0.2) is 39.0 Å². The molecule has 4 heterocycles. The van der Waals surface area contributed by atoms with Crippen LogP contribution in [0.25, 0.3) is 22.2 Å². The van der Waals surface area contributed by atoms with E-state index in [1.807, 2.05) is 13.0 Å². The first kappa shape index (κ1) is 26.6. The fraction of sp³-hybridized carbons (Fsp3) is 0.385. The van der Waals surface area contributed by atoms with Crippen molar-refractivity contribution in [1.29, 1.82) is 5.26 Å². The minimum atomic E-state index is -4.53. The van der Waals surface area contributed by atoms with Gasteiger partial charge in [-0.25, -0.2) is 4.98 Å². The van der Waals surface area contributed by atoms with E-state index in [2.05, 4.69) is 35.8 Å². The summed E-state index contributed by atoms with van der Waals surface area (Å²) in [5, 5.41) is 14.6. The van der Waals surface area contributed by atoms with Crippen LogP contribution in [0.3, 0.4) is 0 Å². The van der Waals surface area contributed by atoms with Gasteiger partial charge in [-0.05, 0) is 36.2 Å². The van der Waals surface area contributed by atoms with Crippen molar-refractivity contribution < 1.29 is 17.9 Å². The molecule has 0 saturated carbocycles. The summed E-state index contributed by atoms with van der Waals surface area (Å²) in [6.45, 7) is 9.45. The van der Waals surface area contributed by atoms with E-state index in [1.54, 1.807) is 29.2 Å². The molecule has 0 unspecified atom stereocenters. The number of aromatic nitrogens is 5. The summed E-state index contributed by atoms with van der Waals surface area (Å²) < 4.78 is 49.7. The Balaban J connectivity index is 1.84. The maximum Gasteiger partial charge on any atom is 0.419 e. The van der Waals surface area contributed by atoms with Crippen molar-refractivity contribution >= 4 is 19.1 Å². The minimum Gasteiger partial charge on any atom is -0.361 e. The largest absolute Gasteiger partial charge is 0.419 e. The molecule has 0 aliphatic rings. The minimum absolute atomic E-state index is 0.111. The number of alkyl halides is 3. The molecule has 0 bridgehead atoms. The number of ether oxygens (including phenoxy) is 1. The van der Waals surface area contributed by atoms with Gasteiger partial charge in [-0.1, -0.05) is 19.6 Å². The SMILES string of the molecule is Cc1cncc(-c2cc(Cc3nn(C)cc3C(F)(F)F)nc3c2c(C#N)cn3COCC[Si](C)(C)C)c1. The van der Waals surface area contributed by atoms with Gasteiger partial charge in [0.25, 0.3) is 0 Å². The van der Waals surface area contributed by atoms with Crippen LogP contribution in [0.5, 0.6) is 0 Å². The lowest BCUT2D eigenvalue weighted by Gasteiger charge is -2.16. The zero-order valence-corrected chi connectivity index (χ0v) is 22.5. The predicted octanol–water partition coefficient (Wildman–Crippen LogP) is 5.93. The molecule has 7 nitrogen and oxygen atoms in total. The molecule has 37 heavy (non-hydrogen) atoms. The second-order valence-corrected chi connectivity index (χ2v) is 16.0. The van der Waals surface area contributed by atoms with Crippen LogP contribution in [0, 0.1) is 18.3 Å². The molecular weight excluding hydrogens is 497 g/mol. The first-order valence-corrected chi connectivity index (χ1v) is 15.6. The monoisotopic (exact) mass is 526 g/mol. The van der Waals surface area contributed by atoms with E-state index in [9.17, 15) is 18.4 Å². The number of hydrogen-bond donors (Lipinski definition) is 0. The van der Waals surface area contributed by atoms with Gasteiger partial charge in [-0.15, -0.1) is 0 Å². The first-order valence-electron chi connectivity index (χ1n) is 11.9. The van der Waals surface area contributed by atoms with Crippen LogP contribution in [0.15, 0.2) is 36.9 Å². The third-order valence-corrected chi connectivity index (χ3v) is 7.68. The standard InChI is InChI=1S/C26H29F3N6OSi/c1-17-8-18(13-31-12-17)21-9-20(10-23-22(26(27,28)29)15-34(2)33-23)32-25-24(21)19(11-30)14-35(25)16-36-6-7-37(3,4)5/h8-9,12-15H,6-7,10,16H2,1-5H3. The molecule has 0 atom stereocenters. The molecule has 0 aromatic carbocycles.